The van der Waals surface area contributed by atoms with E-state index in [2.05, 4.69) is 19.9 Å². The Kier molecular flexibility index (Phi) is 4.83. The summed E-state index contributed by atoms with van der Waals surface area (Å²) in [5.74, 6) is -0.0419. The van der Waals surface area contributed by atoms with Gasteiger partial charge in [0.15, 0.2) is 11.6 Å². The fraction of sp³-hybridized carbons (Fsp3) is 0. The van der Waals surface area contributed by atoms with Gasteiger partial charge < -0.3 is 0 Å². The molecule has 3 heterocycles. The molecule has 4 aromatic rings. The standard InChI is InChI=1S/C21H12N8O5/c30-21-26(17-11-22-7-9-24-17)19-13(3-1-5-15(19)28(31)32)14-4-2-6-16(29(33)34)20(14)27(21)18-12-23-8-10-25-18/h1-12H. The second kappa shape index (κ2) is 7.98. The molecule has 1 aliphatic rings. The fourth-order valence-corrected chi connectivity index (χ4v) is 3.79. The topological polar surface area (TPSA) is 161 Å². The molecule has 2 aromatic carbocycles. The molecule has 2 amide bonds. The highest BCUT2D eigenvalue weighted by atomic mass is 16.6. The van der Waals surface area contributed by atoms with E-state index in [9.17, 15) is 25.0 Å². The number of nitrogens with zero attached hydrogens (tertiary/aromatic N) is 8. The number of hydrogen-bond acceptors (Lipinski definition) is 9. The number of urea groups is 1. The average molecular weight is 456 g/mol. The Morgan fingerprint density at radius 1 is 0.676 bits per heavy atom. The quantitative estimate of drug-likeness (QED) is 0.324. The van der Waals surface area contributed by atoms with Crippen molar-refractivity contribution in [3.05, 3.63) is 93.8 Å². The van der Waals surface area contributed by atoms with Crippen molar-refractivity contribution in [1.82, 2.24) is 19.9 Å². The SMILES string of the molecule is O=C1N(c2cnccn2)c2c(cccc2[N+](=O)[O-])-c2cccc([N+](=O)[O-])c2N1c1cnccn1. The van der Waals surface area contributed by atoms with Crippen LogP contribution >= 0.6 is 0 Å². The highest BCUT2D eigenvalue weighted by Crippen LogP contribution is 2.51. The highest BCUT2D eigenvalue weighted by molar-refractivity contribution is 6.20. The van der Waals surface area contributed by atoms with Gasteiger partial charge in [-0.25, -0.2) is 24.6 Å². The van der Waals surface area contributed by atoms with Gasteiger partial charge in [-0.1, -0.05) is 24.3 Å². The van der Waals surface area contributed by atoms with Crippen LogP contribution in [0.25, 0.3) is 11.1 Å². The van der Waals surface area contributed by atoms with Crippen LogP contribution in [-0.4, -0.2) is 35.8 Å². The predicted molar refractivity (Wildman–Crippen MR) is 119 cm³/mol. The summed E-state index contributed by atoms with van der Waals surface area (Å²) in [6.45, 7) is 0. The van der Waals surface area contributed by atoms with Crippen LogP contribution in [0.15, 0.2) is 73.6 Å². The summed E-state index contributed by atoms with van der Waals surface area (Å²) in [6.07, 6.45) is 7.93. The van der Waals surface area contributed by atoms with E-state index in [0.717, 1.165) is 9.80 Å². The third kappa shape index (κ3) is 3.15. The van der Waals surface area contributed by atoms with Crippen molar-refractivity contribution in [1.29, 1.82) is 0 Å². The van der Waals surface area contributed by atoms with Gasteiger partial charge in [0.2, 0.25) is 0 Å². The summed E-state index contributed by atoms with van der Waals surface area (Å²) >= 11 is 0. The molecule has 0 bridgehead atoms. The van der Waals surface area contributed by atoms with E-state index in [1.54, 1.807) is 12.1 Å². The van der Waals surface area contributed by atoms with E-state index in [4.69, 9.17) is 0 Å². The lowest BCUT2D eigenvalue weighted by Gasteiger charge is -2.26. The maximum Gasteiger partial charge on any atom is 0.341 e. The second-order valence-electron chi connectivity index (χ2n) is 6.94. The number of aromatic nitrogens is 4. The Morgan fingerprint density at radius 2 is 1.12 bits per heavy atom. The van der Waals surface area contributed by atoms with Crippen molar-refractivity contribution in [2.24, 2.45) is 0 Å². The molecule has 0 saturated carbocycles. The number of nitro groups is 2. The van der Waals surface area contributed by atoms with E-state index in [1.165, 1.54) is 61.4 Å². The van der Waals surface area contributed by atoms with Gasteiger partial charge in [-0.15, -0.1) is 0 Å². The molecule has 0 unspecified atom stereocenters. The Labute approximate surface area is 190 Å². The Hall–Kier alpha value is -5.33. The summed E-state index contributed by atoms with van der Waals surface area (Å²) in [5.41, 5.74) is -0.557. The molecule has 2 aromatic heterocycles. The number of rotatable bonds is 4. The second-order valence-corrected chi connectivity index (χ2v) is 6.94. The molecule has 0 aliphatic carbocycles. The number of benzene rings is 2. The number of hydrogen-bond donors (Lipinski definition) is 0. The van der Waals surface area contributed by atoms with Gasteiger partial charge in [0.1, 0.15) is 11.4 Å². The summed E-state index contributed by atoms with van der Waals surface area (Å²) in [6, 6.07) is 7.57. The first-order valence-electron chi connectivity index (χ1n) is 9.70. The lowest BCUT2D eigenvalue weighted by Crippen LogP contribution is -2.38. The first-order valence-corrected chi connectivity index (χ1v) is 9.70. The normalized spacial score (nSPS) is 12.5. The van der Waals surface area contributed by atoms with Crippen molar-refractivity contribution in [2.75, 3.05) is 9.80 Å². The Balaban J connectivity index is 1.95. The molecular weight excluding hydrogens is 444 g/mol. The average Bonchev–Trinajstić information content (AvgIpc) is 2.96. The summed E-state index contributed by atoms with van der Waals surface area (Å²) in [7, 11) is 0. The molecule has 0 radical (unpaired) electrons. The van der Waals surface area contributed by atoms with E-state index >= 15 is 0 Å². The first kappa shape index (κ1) is 20.6. The molecule has 0 saturated heterocycles. The zero-order valence-electron chi connectivity index (χ0n) is 17.0. The number of para-hydroxylation sites is 2. The van der Waals surface area contributed by atoms with Crippen LogP contribution in [0.3, 0.4) is 0 Å². The van der Waals surface area contributed by atoms with Crippen LogP contribution in [-0.2, 0) is 0 Å². The van der Waals surface area contributed by atoms with Gasteiger partial charge in [-0.2, -0.15) is 0 Å². The van der Waals surface area contributed by atoms with Crippen molar-refractivity contribution in [3.63, 3.8) is 0 Å². The molecule has 166 valence electrons. The van der Waals surface area contributed by atoms with Gasteiger partial charge in [-0.3, -0.25) is 30.2 Å². The van der Waals surface area contributed by atoms with Gasteiger partial charge in [0, 0.05) is 48.0 Å². The van der Waals surface area contributed by atoms with Crippen LogP contribution in [0, 0.1) is 20.2 Å². The van der Waals surface area contributed by atoms with E-state index in [1.807, 2.05) is 0 Å². The summed E-state index contributed by atoms with van der Waals surface area (Å²) in [4.78, 5) is 55.1. The van der Waals surface area contributed by atoms with Gasteiger partial charge in [0.25, 0.3) is 11.4 Å². The zero-order valence-corrected chi connectivity index (χ0v) is 17.0. The van der Waals surface area contributed by atoms with E-state index < -0.39 is 27.3 Å². The summed E-state index contributed by atoms with van der Waals surface area (Å²) in [5, 5.41) is 24.0. The van der Waals surface area contributed by atoms with Crippen LogP contribution in [0.1, 0.15) is 0 Å². The molecule has 13 nitrogen and oxygen atoms in total. The van der Waals surface area contributed by atoms with Crippen molar-refractivity contribution in [3.8, 4) is 11.1 Å². The van der Waals surface area contributed by atoms with E-state index in [0.29, 0.717) is 0 Å². The molecule has 1 aliphatic heterocycles. The van der Waals surface area contributed by atoms with E-state index in [-0.39, 0.29) is 34.1 Å². The Bertz CT molecular complexity index is 1340. The maximum atomic E-state index is 14.1. The highest BCUT2D eigenvalue weighted by Gasteiger charge is 2.42. The minimum atomic E-state index is -0.885. The Morgan fingerprint density at radius 3 is 1.47 bits per heavy atom. The molecule has 13 heteroatoms. The number of carbonyl (C=O) groups excluding carboxylic acids is 1. The van der Waals surface area contributed by atoms with Crippen LogP contribution < -0.4 is 9.80 Å². The lowest BCUT2D eigenvalue weighted by molar-refractivity contribution is -0.384. The minimum Gasteiger partial charge on any atom is -0.259 e. The molecular formula is C21H12N8O5. The van der Waals surface area contributed by atoms with Crippen LogP contribution in [0.4, 0.5) is 39.2 Å². The number of amides is 2. The fourth-order valence-electron chi connectivity index (χ4n) is 3.79. The monoisotopic (exact) mass is 456 g/mol. The number of anilines is 4. The summed E-state index contributed by atoms with van der Waals surface area (Å²) < 4.78 is 0. The number of nitro benzene ring substituents is 2. The number of fused-ring (bicyclic) bond motifs is 3. The predicted octanol–water partition coefficient (Wildman–Crippen LogP) is 4.16. The third-order valence-corrected chi connectivity index (χ3v) is 5.10. The van der Waals surface area contributed by atoms with Gasteiger partial charge >= 0.3 is 6.03 Å². The molecule has 0 fully saturated rings. The largest absolute Gasteiger partial charge is 0.341 e. The number of carbonyl (C=O) groups is 1. The molecule has 34 heavy (non-hydrogen) atoms. The van der Waals surface area contributed by atoms with Crippen molar-refractivity contribution in [2.45, 2.75) is 0 Å². The lowest BCUT2D eigenvalue weighted by atomic mass is 9.99. The van der Waals surface area contributed by atoms with Gasteiger partial charge in [-0.05, 0) is 0 Å². The molecule has 0 spiro atoms. The van der Waals surface area contributed by atoms with Gasteiger partial charge in [0.05, 0.1) is 22.2 Å². The smallest absolute Gasteiger partial charge is 0.259 e. The first-order chi connectivity index (χ1) is 16.5. The van der Waals surface area contributed by atoms with Crippen molar-refractivity contribution >= 4 is 40.4 Å². The molecule has 0 N–H and O–H groups in total. The van der Waals surface area contributed by atoms with Crippen molar-refractivity contribution < 1.29 is 14.6 Å². The molecule has 0 atom stereocenters. The molecule has 5 rings (SSSR count). The van der Waals surface area contributed by atoms with Crippen LogP contribution in [0.5, 0.6) is 0 Å². The zero-order chi connectivity index (χ0) is 23.8. The minimum absolute atomic E-state index is 0.0209. The van der Waals surface area contributed by atoms with Crippen LogP contribution in [0.2, 0.25) is 0 Å². The maximum absolute atomic E-state index is 14.1. The third-order valence-electron chi connectivity index (χ3n) is 5.10.